The number of non-ortho nitro benzene ring substituents is 1. The highest BCUT2D eigenvalue weighted by Crippen LogP contribution is 2.18. The van der Waals surface area contributed by atoms with E-state index in [4.69, 9.17) is 0 Å². The summed E-state index contributed by atoms with van der Waals surface area (Å²) in [5, 5.41) is 23.1. The largest absolute Gasteiger partial charge is 0.271 e. The van der Waals surface area contributed by atoms with Crippen molar-refractivity contribution in [2.24, 2.45) is 5.10 Å². The molecule has 2 aromatic heterocycles. The minimum Gasteiger partial charge on any atom is -0.267 e. The van der Waals surface area contributed by atoms with E-state index in [2.05, 4.69) is 25.8 Å². The molecule has 0 unspecified atom stereocenters. The van der Waals surface area contributed by atoms with E-state index in [0.717, 1.165) is 0 Å². The Kier molecular flexibility index (Phi) is 4.97. The van der Waals surface area contributed by atoms with Crippen LogP contribution in [-0.4, -0.2) is 36.5 Å². The summed E-state index contributed by atoms with van der Waals surface area (Å²) in [6, 6.07) is 9.22. The average Bonchev–Trinajstić information content (AvgIpc) is 3.08. The third kappa shape index (κ3) is 3.84. The van der Waals surface area contributed by atoms with E-state index >= 15 is 0 Å². The summed E-state index contributed by atoms with van der Waals surface area (Å²) in [7, 11) is 0. The number of aromatic nitrogens is 4. The first-order valence-corrected chi connectivity index (χ1v) is 7.89. The Balaban J connectivity index is 1.83. The molecule has 0 spiro atoms. The number of hydrogen-bond acceptors (Lipinski definition) is 7. The van der Waals surface area contributed by atoms with Crippen LogP contribution in [0.2, 0.25) is 0 Å². The second-order valence-corrected chi connectivity index (χ2v) is 5.59. The molecule has 1 aromatic carbocycles. The van der Waals surface area contributed by atoms with Gasteiger partial charge in [0.25, 0.3) is 11.6 Å². The van der Waals surface area contributed by atoms with Gasteiger partial charge in [-0.15, -0.1) is 5.10 Å². The number of rotatable bonds is 5. The van der Waals surface area contributed by atoms with Crippen molar-refractivity contribution < 1.29 is 9.72 Å². The molecule has 3 rings (SSSR count). The van der Waals surface area contributed by atoms with Gasteiger partial charge in [0, 0.05) is 30.1 Å². The van der Waals surface area contributed by atoms with Crippen LogP contribution in [0.1, 0.15) is 28.7 Å². The lowest BCUT2D eigenvalue weighted by molar-refractivity contribution is -0.384. The zero-order valence-corrected chi connectivity index (χ0v) is 14.5. The molecule has 0 bridgehead atoms. The molecule has 27 heavy (non-hydrogen) atoms. The maximum atomic E-state index is 12.0. The van der Waals surface area contributed by atoms with Crippen molar-refractivity contribution in [2.75, 3.05) is 0 Å². The average molecular weight is 365 g/mol. The number of nitro benzene ring substituents is 1. The Bertz CT molecular complexity index is 1030. The Morgan fingerprint density at radius 1 is 1.26 bits per heavy atom. The highest BCUT2D eigenvalue weighted by atomic mass is 16.6. The molecule has 0 aliphatic carbocycles. The van der Waals surface area contributed by atoms with Crippen molar-refractivity contribution in [2.45, 2.75) is 13.8 Å². The monoisotopic (exact) mass is 365 g/mol. The van der Waals surface area contributed by atoms with Crippen LogP contribution >= 0.6 is 0 Å². The van der Waals surface area contributed by atoms with Crippen molar-refractivity contribution >= 4 is 17.3 Å². The molecule has 0 aliphatic heterocycles. The van der Waals surface area contributed by atoms with E-state index < -0.39 is 4.92 Å². The molecule has 1 amide bonds. The number of carbonyl (C=O) groups excluding carboxylic acids is 1. The summed E-state index contributed by atoms with van der Waals surface area (Å²) in [6.07, 6.45) is 3.03. The fraction of sp³-hybridized carbons (Fsp3) is 0.118. The number of benzene rings is 1. The number of nitro groups is 1. The first-order chi connectivity index (χ1) is 13.0. The van der Waals surface area contributed by atoms with Gasteiger partial charge in [0.05, 0.1) is 22.0 Å². The van der Waals surface area contributed by atoms with Gasteiger partial charge in [0.15, 0.2) is 0 Å². The van der Waals surface area contributed by atoms with Crippen LogP contribution in [0.15, 0.2) is 53.9 Å². The number of nitrogens with one attached hydrogen (secondary N) is 1. The normalized spacial score (nSPS) is 11.3. The standard InChI is InChI=1S/C17H15N7O3/c1-11(19-21-17(25)13-6-8-18-9-7-13)16-12(2)23(22-20-16)14-4-3-5-15(10-14)24(26)27/h3-10H,1-2H3,(H,21,25)/b19-11-. The van der Waals surface area contributed by atoms with Gasteiger partial charge in [0.1, 0.15) is 5.69 Å². The predicted octanol–water partition coefficient (Wildman–Crippen LogP) is 2.03. The van der Waals surface area contributed by atoms with E-state index in [0.29, 0.717) is 28.4 Å². The lowest BCUT2D eigenvalue weighted by Gasteiger charge is -2.04. The van der Waals surface area contributed by atoms with Crippen molar-refractivity contribution in [1.82, 2.24) is 25.4 Å². The first kappa shape index (κ1) is 17.9. The lowest BCUT2D eigenvalue weighted by Crippen LogP contribution is -2.19. The Morgan fingerprint density at radius 2 is 2.00 bits per heavy atom. The van der Waals surface area contributed by atoms with Crippen LogP contribution in [0.25, 0.3) is 5.69 Å². The van der Waals surface area contributed by atoms with E-state index in [1.807, 2.05) is 0 Å². The summed E-state index contributed by atoms with van der Waals surface area (Å²) in [5.74, 6) is -0.375. The molecule has 0 fully saturated rings. The number of nitrogens with zero attached hydrogens (tertiary/aromatic N) is 6. The molecule has 1 N–H and O–H groups in total. The van der Waals surface area contributed by atoms with Crippen molar-refractivity contribution in [3.05, 3.63) is 75.9 Å². The Hall–Kier alpha value is -3.95. The fourth-order valence-electron chi connectivity index (χ4n) is 2.40. The zero-order valence-electron chi connectivity index (χ0n) is 14.5. The van der Waals surface area contributed by atoms with Gasteiger partial charge in [-0.1, -0.05) is 11.3 Å². The maximum absolute atomic E-state index is 12.0. The van der Waals surface area contributed by atoms with Crippen LogP contribution in [0.4, 0.5) is 5.69 Å². The van der Waals surface area contributed by atoms with E-state index in [9.17, 15) is 14.9 Å². The summed E-state index contributed by atoms with van der Waals surface area (Å²) in [6.45, 7) is 3.44. The van der Waals surface area contributed by atoms with Crippen molar-refractivity contribution in [3.63, 3.8) is 0 Å². The van der Waals surface area contributed by atoms with Crippen molar-refractivity contribution in [3.8, 4) is 5.69 Å². The van der Waals surface area contributed by atoms with Crippen LogP contribution < -0.4 is 5.43 Å². The van der Waals surface area contributed by atoms with Gasteiger partial charge >= 0.3 is 0 Å². The van der Waals surface area contributed by atoms with Gasteiger partial charge in [0.2, 0.25) is 0 Å². The SMILES string of the molecule is C/C(=N/NC(=O)c1ccncc1)c1nnn(-c2cccc([N+](=O)[O-])c2)c1C. The van der Waals surface area contributed by atoms with Gasteiger partial charge in [-0.3, -0.25) is 19.9 Å². The summed E-state index contributed by atoms with van der Waals surface area (Å²) in [5.41, 5.74) is 4.90. The number of hydrogen-bond donors (Lipinski definition) is 1. The molecular weight excluding hydrogens is 350 g/mol. The lowest BCUT2D eigenvalue weighted by atomic mass is 10.2. The first-order valence-electron chi connectivity index (χ1n) is 7.89. The molecule has 0 aliphatic rings. The second-order valence-electron chi connectivity index (χ2n) is 5.59. The fourth-order valence-corrected chi connectivity index (χ4v) is 2.40. The van der Waals surface area contributed by atoms with Gasteiger partial charge < -0.3 is 0 Å². The molecular formula is C17H15N7O3. The molecule has 0 saturated carbocycles. The predicted molar refractivity (Wildman–Crippen MR) is 96.7 cm³/mol. The minimum atomic E-state index is -0.474. The Morgan fingerprint density at radius 3 is 2.70 bits per heavy atom. The quantitative estimate of drug-likeness (QED) is 0.418. The molecule has 10 nitrogen and oxygen atoms in total. The molecule has 0 atom stereocenters. The highest BCUT2D eigenvalue weighted by molar-refractivity contribution is 6.00. The van der Waals surface area contributed by atoms with Crippen LogP contribution in [0, 0.1) is 17.0 Å². The molecule has 10 heteroatoms. The van der Waals surface area contributed by atoms with Crippen LogP contribution in [-0.2, 0) is 0 Å². The highest BCUT2D eigenvalue weighted by Gasteiger charge is 2.15. The number of pyridine rings is 1. The minimum absolute atomic E-state index is 0.0426. The van der Waals surface area contributed by atoms with E-state index in [1.165, 1.54) is 29.2 Å². The molecule has 0 radical (unpaired) electrons. The maximum Gasteiger partial charge on any atom is 0.271 e. The summed E-state index contributed by atoms with van der Waals surface area (Å²) >= 11 is 0. The topological polar surface area (TPSA) is 128 Å². The molecule has 0 saturated heterocycles. The number of carbonyl (C=O) groups is 1. The molecule has 136 valence electrons. The molecule has 3 aromatic rings. The molecule has 2 heterocycles. The number of hydrazone groups is 1. The van der Waals surface area contributed by atoms with E-state index in [-0.39, 0.29) is 11.6 Å². The third-order valence-electron chi connectivity index (χ3n) is 3.79. The van der Waals surface area contributed by atoms with Gasteiger partial charge in [-0.05, 0) is 32.0 Å². The van der Waals surface area contributed by atoms with Crippen LogP contribution in [0.5, 0.6) is 0 Å². The second kappa shape index (κ2) is 7.52. The smallest absolute Gasteiger partial charge is 0.267 e. The van der Waals surface area contributed by atoms with E-state index in [1.54, 1.807) is 38.1 Å². The van der Waals surface area contributed by atoms with Gasteiger partial charge in [-0.25, -0.2) is 10.1 Å². The van der Waals surface area contributed by atoms with Crippen LogP contribution in [0.3, 0.4) is 0 Å². The van der Waals surface area contributed by atoms with Crippen molar-refractivity contribution in [1.29, 1.82) is 0 Å². The third-order valence-corrected chi connectivity index (χ3v) is 3.79. The zero-order chi connectivity index (χ0) is 19.4. The summed E-state index contributed by atoms with van der Waals surface area (Å²) in [4.78, 5) is 26.4. The van der Waals surface area contributed by atoms with Gasteiger partial charge in [-0.2, -0.15) is 5.10 Å². The number of amides is 1. The summed E-state index contributed by atoms with van der Waals surface area (Å²) < 4.78 is 1.48. The Labute approximate surface area is 153 Å².